The number of pyridine rings is 1. The summed E-state index contributed by atoms with van der Waals surface area (Å²) in [5, 5.41) is 10.6. The smallest absolute Gasteiger partial charge is 0.328 e. The van der Waals surface area contributed by atoms with Gasteiger partial charge in [-0.25, -0.2) is 14.6 Å². The number of esters is 1. The van der Waals surface area contributed by atoms with Crippen molar-refractivity contribution in [2.75, 3.05) is 31.4 Å². The van der Waals surface area contributed by atoms with Crippen molar-refractivity contribution in [2.24, 2.45) is 0 Å². The number of hydrogen-bond acceptors (Lipinski definition) is 6. The maximum absolute atomic E-state index is 12.7. The molecule has 190 valence electrons. The standard InChI is InChI=1S/C28H35N5O3/c1-33(2)25-18-26(31-23-12-8-7-11-22(23)25)29-20-13-15-21(16-14-20)30-28(35)32-24(27(34)36-3)17-19-9-5-4-6-10-19/h4-12,18,20-21,24H,13-17H2,1-3H3,(H,29,31)(H2,30,32,35)/t20-,21+,24-/m0/s1. The van der Waals surface area contributed by atoms with Crippen LogP contribution >= 0.6 is 0 Å². The van der Waals surface area contributed by atoms with Gasteiger partial charge >= 0.3 is 12.0 Å². The Hall–Kier alpha value is -3.81. The molecule has 2 amide bonds. The van der Waals surface area contributed by atoms with Crippen molar-refractivity contribution in [3.05, 3.63) is 66.2 Å². The molecule has 0 radical (unpaired) electrons. The number of amides is 2. The van der Waals surface area contributed by atoms with Crippen molar-refractivity contribution >= 4 is 34.4 Å². The number of benzene rings is 2. The lowest BCUT2D eigenvalue weighted by molar-refractivity contribution is -0.142. The first-order valence-electron chi connectivity index (χ1n) is 12.5. The SMILES string of the molecule is COC(=O)[C@H](Cc1ccccc1)NC(=O)N[C@H]1CC[C@@H](Nc2cc(N(C)C)c3ccccc3n2)CC1. The molecule has 1 aliphatic carbocycles. The Kier molecular flexibility index (Phi) is 8.25. The van der Waals surface area contributed by atoms with E-state index in [1.165, 1.54) is 7.11 Å². The number of hydrogen-bond donors (Lipinski definition) is 3. The molecule has 1 heterocycles. The zero-order chi connectivity index (χ0) is 25.5. The molecule has 1 aromatic heterocycles. The Balaban J connectivity index is 1.30. The van der Waals surface area contributed by atoms with Crippen molar-refractivity contribution in [3.8, 4) is 0 Å². The number of methoxy groups -OCH3 is 1. The van der Waals surface area contributed by atoms with Gasteiger partial charge in [0.15, 0.2) is 0 Å². The highest BCUT2D eigenvalue weighted by Crippen LogP contribution is 2.29. The molecule has 1 aliphatic rings. The van der Waals surface area contributed by atoms with E-state index < -0.39 is 12.0 Å². The van der Waals surface area contributed by atoms with Crippen LogP contribution in [0.15, 0.2) is 60.7 Å². The Labute approximate surface area is 212 Å². The largest absolute Gasteiger partial charge is 0.467 e. The molecule has 2 aromatic carbocycles. The first kappa shape index (κ1) is 25.3. The summed E-state index contributed by atoms with van der Waals surface area (Å²) in [6, 6.07) is 19.1. The summed E-state index contributed by atoms with van der Waals surface area (Å²) < 4.78 is 4.90. The molecule has 1 fully saturated rings. The molecule has 8 heteroatoms. The summed E-state index contributed by atoms with van der Waals surface area (Å²) in [5.74, 6) is 0.412. The fraction of sp³-hybridized carbons (Fsp3) is 0.393. The fourth-order valence-electron chi connectivity index (χ4n) is 4.76. The van der Waals surface area contributed by atoms with Gasteiger partial charge in [0.25, 0.3) is 0 Å². The molecule has 0 aliphatic heterocycles. The summed E-state index contributed by atoms with van der Waals surface area (Å²) in [4.78, 5) is 31.8. The number of para-hydroxylation sites is 1. The summed E-state index contributed by atoms with van der Waals surface area (Å²) in [5.41, 5.74) is 3.05. The van der Waals surface area contributed by atoms with Crippen LogP contribution in [0.1, 0.15) is 31.2 Å². The third kappa shape index (κ3) is 6.44. The van der Waals surface area contributed by atoms with Gasteiger partial charge in [-0.1, -0.05) is 48.5 Å². The van der Waals surface area contributed by atoms with Gasteiger partial charge in [0.05, 0.1) is 12.6 Å². The van der Waals surface area contributed by atoms with Crippen LogP contribution in [0, 0.1) is 0 Å². The minimum Gasteiger partial charge on any atom is -0.467 e. The molecule has 3 aromatic rings. The Morgan fingerprint density at radius 3 is 2.36 bits per heavy atom. The molecular formula is C28H35N5O3. The van der Waals surface area contributed by atoms with Gasteiger partial charge in [-0.15, -0.1) is 0 Å². The normalized spacial score (nSPS) is 18.2. The summed E-state index contributed by atoms with van der Waals surface area (Å²) in [6.07, 6.45) is 3.91. The first-order chi connectivity index (χ1) is 17.4. The molecule has 0 bridgehead atoms. The molecule has 8 nitrogen and oxygen atoms in total. The van der Waals surface area contributed by atoms with Gasteiger partial charge in [-0.05, 0) is 37.3 Å². The van der Waals surface area contributed by atoms with Crippen molar-refractivity contribution in [1.82, 2.24) is 15.6 Å². The Bertz CT molecular complexity index is 1180. The maximum atomic E-state index is 12.7. The minimum atomic E-state index is -0.736. The molecular weight excluding hydrogens is 454 g/mol. The second kappa shape index (κ2) is 11.7. The van der Waals surface area contributed by atoms with Gasteiger partial charge in [0.1, 0.15) is 11.9 Å². The van der Waals surface area contributed by atoms with Crippen LogP contribution in [0.4, 0.5) is 16.3 Å². The lowest BCUT2D eigenvalue weighted by atomic mass is 9.91. The van der Waals surface area contributed by atoms with Crippen LogP contribution in [0.5, 0.6) is 0 Å². The van der Waals surface area contributed by atoms with E-state index in [9.17, 15) is 9.59 Å². The topological polar surface area (TPSA) is 95.6 Å². The summed E-state index contributed by atoms with van der Waals surface area (Å²) in [6.45, 7) is 0. The van der Waals surface area contributed by atoms with E-state index in [0.29, 0.717) is 6.42 Å². The van der Waals surface area contributed by atoms with Crippen molar-refractivity contribution in [1.29, 1.82) is 0 Å². The average molecular weight is 490 g/mol. The quantitative estimate of drug-likeness (QED) is 0.412. The van der Waals surface area contributed by atoms with Gasteiger partial charge in [-0.3, -0.25) is 0 Å². The van der Waals surface area contributed by atoms with Gasteiger partial charge in [0.2, 0.25) is 0 Å². The highest BCUT2D eigenvalue weighted by atomic mass is 16.5. The third-order valence-electron chi connectivity index (χ3n) is 6.66. The van der Waals surface area contributed by atoms with E-state index in [2.05, 4.69) is 33.0 Å². The maximum Gasteiger partial charge on any atom is 0.328 e. The number of rotatable bonds is 8. The van der Waals surface area contributed by atoms with E-state index in [1.54, 1.807) is 0 Å². The summed E-state index contributed by atoms with van der Waals surface area (Å²) in [7, 11) is 5.41. The van der Waals surface area contributed by atoms with Crippen LogP contribution in [0.25, 0.3) is 10.9 Å². The van der Waals surface area contributed by atoms with Gasteiger partial charge in [-0.2, -0.15) is 0 Å². The Morgan fingerprint density at radius 2 is 1.67 bits per heavy atom. The molecule has 1 saturated carbocycles. The second-order valence-electron chi connectivity index (χ2n) is 9.51. The van der Waals surface area contributed by atoms with Crippen molar-refractivity contribution in [3.63, 3.8) is 0 Å². The second-order valence-corrected chi connectivity index (χ2v) is 9.51. The van der Waals surface area contributed by atoms with Crippen LogP contribution in [-0.4, -0.2) is 56.3 Å². The van der Waals surface area contributed by atoms with Crippen LogP contribution in [-0.2, 0) is 16.0 Å². The zero-order valence-corrected chi connectivity index (χ0v) is 21.2. The Morgan fingerprint density at radius 1 is 1.00 bits per heavy atom. The van der Waals surface area contributed by atoms with Crippen LogP contribution in [0.2, 0.25) is 0 Å². The molecule has 1 atom stereocenters. The number of anilines is 2. The van der Waals surface area contributed by atoms with Crippen LogP contribution < -0.4 is 20.9 Å². The van der Waals surface area contributed by atoms with Gasteiger partial charge < -0.3 is 25.6 Å². The van der Waals surface area contributed by atoms with Crippen molar-refractivity contribution in [2.45, 2.75) is 50.2 Å². The average Bonchev–Trinajstić information content (AvgIpc) is 2.89. The number of urea groups is 1. The molecule has 3 N–H and O–H groups in total. The zero-order valence-electron chi connectivity index (χ0n) is 21.2. The predicted octanol–water partition coefficient (Wildman–Crippen LogP) is 4.11. The summed E-state index contributed by atoms with van der Waals surface area (Å²) >= 11 is 0. The van der Waals surface area contributed by atoms with Gasteiger partial charge in [0, 0.05) is 49.7 Å². The number of nitrogens with zero attached hydrogens (tertiary/aromatic N) is 2. The molecule has 4 rings (SSSR count). The van der Waals surface area contributed by atoms with Crippen molar-refractivity contribution < 1.29 is 14.3 Å². The molecule has 36 heavy (non-hydrogen) atoms. The van der Waals surface area contributed by atoms with E-state index >= 15 is 0 Å². The predicted molar refractivity (Wildman–Crippen MR) is 143 cm³/mol. The highest BCUT2D eigenvalue weighted by molar-refractivity contribution is 5.93. The van der Waals surface area contributed by atoms with E-state index in [4.69, 9.17) is 9.72 Å². The monoisotopic (exact) mass is 489 g/mol. The number of ether oxygens (including phenoxy) is 1. The number of carbonyl (C=O) groups is 2. The number of nitrogens with one attached hydrogen (secondary N) is 3. The van der Waals surface area contributed by atoms with E-state index in [0.717, 1.165) is 53.7 Å². The van der Waals surface area contributed by atoms with E-state index in [-0.39, 0.29) is 18.1 Å². The number of carbonyl (C=O) groups excluding carboxylic acids is 2. The lowest BCUT2D eigenvalue weighted by Gasteiger charge is -2.30. The fourth-order valence-corrected chi connectivity index (χ4v) is 4.76. The minimum absolute atomic E-state index is 0.0555. The number of fused-ring (bicyclic) bond motifs is 1. The third-order valence-corrected chi connectivity index (χ3v) is 6.66. The molecule has 0 unspecified atom stereocenters. The highest BCUT2D eigenvalue weighted by Gasteiger charge is 2.26. The van der Waals surface area contributed by atoms with E-state index in [1.807, 2.05) is 62.6 Å². The molecule has 0 saturated heterocycles. The van der Waals surface area contributed by atoms with Crippen LogP contribution in [0.3, 0.4) is 0 Å². The lowest BCUT2D eigenvalue weighted by Crippen LogP contribution is -2.51. The first-order valence-corrected chi connectivity index (χ1v) is 12.5. The number of aromatic nitrogens is 1. The molecule has 0 spiro atoms.